The quantitative estimate of drug-likeness (QED) is 0.0247. The molecule has 0 saturated carbocycles. The molecule has 4 rings (SSSR count). The van der Waals surface area contributed by atoms with Gasteiger partial charge in [0.2, 0.25) is 0 Å². The average Bonchev–Trinajstić information content (AvgIpc) is 3.62. The molecule has 0 spiro atoms. The van der Waals surface area contributed by atoms with E-state index >= 15 is 0 Å². The fourth-order valence-electron chi connectivity index (χ4n) is 12.2. The van der Waals surface area contributed by atoms with Gasteiger partial charge < -0.3 is 9.11 Å². The summed E-state index contributed by atoms with van der Waals surface area (Å²) in [5.74, 6) is 0. The van der Waals surface area contributed by atoms with Crippen LogP contribution in [0.2, 0.25) is 0 Å². The third kappa shape index (κ3) is 33.8. The maximum absolute atomic E-state index is 12.1. The first-order valence-corrected chi connectivity index (χ1v) is 36.8. The molecule has 4 aromatic rings. The molecule has 0 unspecified atom stereocenters. The van der Waals surface area contributed by atoms with Gasteiger partial charge in [0.05, 0.1) is 9.79 Å². The van der Waals surface area contributed by atoms with Crippen molar-refractivity contribution in [1.29, 1.82) is 0 Å². The molecule has 0 bridgehead atoms. The number of fused-ring (bicyclic) bond motifs is 2. The number of benzene rings is 4. The monoisotopic (exact) mass is 1180 g/mol. The molecule has 0 aliphatic carbocycles. The Kier molecular flexibility index (Phi) is 45.3. The molecule has 0 aliphatic heterocycles. The molecule has 6 nitrogen and oxygen atoms in total. The standard InChI is InChI=1S/2C36H60O3S.Ca/c2*1-3-5-7-9-11-13-15-17-19-21-23-26-32-27-25-29-34-33(32)30-31-36(40(37,38)39)35(34)28-24-22-20-18-16-14-12-10-8-6-4-2;/h2*25,27,29-31H,3-24,26,28H2,1-2H3,(H,37,38,39);/q;;+2/p-2. The number of unbranched alkanes of at least 4 members (excludes halogenated alkanes) is 40. The van der Waals surface area contributed by atoms with Gasteiger partial charge in [-0.1, -0.05) is 333 Å². The Hall–Kier alpha value is -1.52. The van der Waals surface area contributed by atoms with Crippen LogP contribution < -0.4 is 0 Å². The predicted octanol–water partition coefficient (Wildman–Crippen LogP) is 22.5. The third-order valence-electron chi connectivity index (χ3n) is 17.1. The molecule has 456 valence electrons. The Labute approximate surface area is 529 Å². The Balaban J connectivity index is 0.000000547. The zero-order valence-corrected chi connectivity index (χ0v) is 56.5. The van der Waals surface area contributed by atoms with E-state index in [1.165, 1.54) is 255 Å². The van der Waals surface area contributed by atoms with Crippen molar-refractivity contribution in [2.75, 3.05) is 0 Å². The largest absolute Gasteiger partial charge is 2.00 e. The van der Waals surface area contributed by atoms with E-state index in [-0.39, 0.29) is 47.5 Å². The molecule has 0 saturated heterocycles. The van der Waals surface area contributed by atoms with Gasteiger partial charge in [-0.05, 0) is 107 Å². The first-order valence-electron chi connectivity index (χ1n) is 34.0. The van der Waals surface area contributed by atoms with E-state index in [0.717, 1.165) is 84.0 Å². The smallest absolute Gasteiger partial charge is 0.744 e. The number of hydrogen-bond acceptors (Lipinski definition) is 6. The van der Waals surface area contributed by atoms with Crippen LogP contribution in [0.3, 0.4) is 0 Å². The Bertz CT molecular complexity index is 2230. The topological polar surface area (TPSA) is 114 Å². The van der Waals surface area contributed by atoms with Gasteiger partial charge in [-0.15, -0.1) is 0 Å². The van der Waals surface area contributed by atoms with Crippen LogP contribution in [0.25, 0.3) is 21.5 Å². The van der Waals surface area contributed by atoms with Gasteiger partial charge in [-0.25, -0.2) is 16.8 Å². The SMILES string of the molecule is CCCCCCCCCCCCCc1cccc2c(CCCCCCCCCCCCC)c(S(=O)(=O)[O-])ccc12.CCCCCCCCCCCCCc1cccc2c(CCCCCCCCCCCCC)c(S(=O)(=O)[O-])ccc12.[Ca+2]. The van der Waals surface area contributed by atoms with Crippen LogP contribution in [0, 0.1) is 0 Å². The Morgan fingerprint density at radius 3 is 0.691 bits per heavy atom. The summed E-state index contributed by atoms with van der Waals surface area (Å²) in [5, 5.41) is 4.18. The van der Waals surface area contributed by atoms with E-state index in [9.17, 15) is 25.9 Å². The van der Waals surface area contributed by atoms with Gasteiger partial charge in [0.25, 0.3) is 0 Å². The third-order valence-corrected chi connectivity index (χ3v) is 19.0. The summed E-state index contributed by atoms with van der Waals surface area (Å²) >= 11 is 0. The molecule has 0 aliphatic rings. The van der Waals surface area contributed by atoms with Gasteiger partial charge in [-0.2, -0.15) is 0 Å². The second-order valence-corrected chi connectivity index (χ2v) is 26.9. The van der Waals surface area contributed by atoms with Gasteiger partial charge in [0.15, 0.2) is 0 Å². The predicted molar refractivity (Wildman–Crippen MR) is 350 cm³/mol. The first kappa shape index (κ1) is 75.6. The number of aryl methyl sites for hydroxylation is 4. The van der Waals surface area contributed by atoms with Crippen LogP contribution in [-0.2, 0) is 45.9 Å². The molecular formula is C72H118CaO6S2. The molecule has 0 aromatic heterocycles. The van der Waals surface area contributed by atoms with Gasteiger partial charge in [-0.3, -0.25) is 0 Å². The van der Waals surface area contributed by atoms with Gasteiger partial charge in [0.1, 0.15) is 20.2 Å². The van der Waals surface area contributed by atoms with Crippen molar-refractivity contribution in [2.45, 2.75) is 346 Å². The maximum atomic E-state index is 12.1. The summed E-state index contributed by atoms with van der Waals surface area (Å²) in [6, 6.07) is 19.4. The van der Waals surface area contributed by atoms with Crippen LogP contribution in [0.1, 0.15) is 332 Å². The van der Waals surface area contributed by atoms with E-state index in [1.54, 1.807) is 12.1 Å². The van der Waals surface area contributed by atoms with Crippen molar-refractivity contribution in [3.05, 3.63) is 82.9 Å². The molecule has 0 radical (unpaired) electrons. The zero-order valence-electron chi connectivity index (χ0n) is 52.7. The molecule has 0 heterocycles. The summed E-state index contributed by atoms with van der Waals surface area (Å²) in [7, 11) is -8.98. The van der Waals surface area contributed by atoms with Crippen molar-refractivity contribution in [3.8, 4) is 0 Å². The Morgan fingerprint density at radius 2 is 0.469 bits per heavy atom. The minimum absolute atomic E-state index is 0. The normalized spacial score (nSPS) is 11.8. The van der Waals surface area contributed by atoms with Crippen LogP contribution in [0.4, 0.5) is 0 Å². The Morgan fingerprint density at radius 1 is 0.259 bits per heavy atom. The zero-order chi connectivity index (χ0) is 57.8. The van der Waals surface area contributed by atoms with E-state index in [1.807, 2.05) is 36.4 Å². The van der Waals surface area contributed by atoms with Crippen LogP contribution >= 0.6 is 0 Å². The maximum Gasteiger partial charge on any atom is 2.00 e. The summed E-state index contributed by atoms with van der Waals surface area (Å²) in [6.45, 7) is 9.05. The first-order chi connectivity index (χ1) is 39.0. The van der Waals surface area contributed by atoms with Gasteiger partial charge in [0, 0.05) is 0 Å². The molecule has 9 heteroatoms. The van der Waals surface area contributed by atoms with E-state index < -0.39 is 20.2 Å². The fourth-order valence-corrected chi connectivity index (χ4v) is 13.7. The molecule has 0 atom stereocenters. The molecule has 0 fully saturated rings. The minimum Gasteiger partial charge on any atom is -0.744 e. The van der Waals surface area contributed by atoms with E-state index in [0.29, 0.717) is 12.8 Å². The molecule has 0 amide bonds. The van der Waals surface area contributed by atoms with Crippen molar-refractivity contribution in [3.63, 3.8) is 0 Å². The average molecular weight is 1180 g/mol. The molecule has 0 N–H and O–H groups in total. The van der Waals surface area contributed by atoms with E-state index in [4.69, 9.17) is 0 Å². The van der Waals surface area contributed by atoms with Crippen LogP contribution in [-0.4, -0.2) is 63.7 Å². The van der Waals surface area contributed by atoms with Crippen LogP contribution in [0.15, 0.2) is 70.5 Å². The second-order valence-electron chi connectivity index (χ2n) is 24.2. The van der Waals surface area contributed by atoms with E-state index in [2.05, 4.69) is 39.8 Å². The van der Waals surface area contributed by atoms with Crippen molar-refractivity contribution >= 4 is 79.5 Å². The van der Waals surface area contributed by atoms with Crippen molar-refractivity contribution < 1.29 is 25.9 Å². The summed E-state index contributed by atoms with van der Waals surface area (Å²) in [6.07, 6.45) is 60.2. The fraction of sp³-hybridized carbons (Fsp3) is 0.722. The molecule has 81 heavy (non-hydrogen) atoms. The van der Waals surface area contributed by atoms with Crippen molar-refractivity contribution in [1.82, 2.24) is 0 Å². The summed E-state index contributed by atoms with van der Waals surface area (Å²) in [5.41, 5.74) is 4.04. The number of hydrogen-bond donors (Lipinski definition) is 0. The summed E-state index contributed by atoms with van der Waals surface area (Å²) in [4.78, 5) is -0.0298. The molecular weight excluding hydrogens is 1060 g/mol. The molecule has 4 aromatic carbocycles. The van der Waals surface area contributed by atoms with Gasteiger partial charge >= 0.3 is 37.7 Å². The summed E-state index contributed by atoms with van der Waals surface area (Å²) < 4.78 is 72.7. The van der Waals surface area contributed by atoms with Crippen LogP contribution in [0.5, 0.6) is 0 Å². The minimum atomic E-state index is -4.49. The number of rotatable bonds is 50. The van der Waals surface area contributed by atoms with Crippen molar-refractivity contribution in [2.24, 2.45) is 0 Å². The second kappa shape index (κ2) is 48.6.